The second-order valence-electron chi connectivity index (χ2n) is 6.78. The molecule has 27 heavy (non-hydrogen) atoms. The number of carbonyl (C=O) groups is 3. The van der Waals surface area contributed by atoms with Crippen LogP contribution in [0.15, 0.2) is 30.3 Å². The maximum atomic E-state index is 12.6. The van der Waals surface area contributed by atoms with Gasteiger partial charge in [0.25, 0.3) is 0 Å². The number of hydrogen-bond acceptors (Lipinski definition) is 4. The Bertz CT molecular complexity index is 620. The number of nitrogens with one attached hydrogen (secondary N) is 2. The number of carboxylic acid groups (broad SMARTS) is 1. The molecule has 0 aliphatic heterocycles. The third kappa shape index (κ3) is 7.29. The monoisotopic (exact) mass is 378 g/mol. The molecule has 0 fully saturated rings. The summed E-state index contributed by atoms with van der Waals surface area (Å²) in [7, 11) is 0. The number of amides is 2. The molecule has 0 saturated heterocycles. The van der Waals surface area contributed by atoms with Gasteiger partial charge in [0.2, 0.25) is 5.91 Å². The highest BCUT2D eigenvalue weighted by atomic mass is 16.5. The minimum absolute atomic E-state index is 0.0894. The Morgan fingerprint density at radius 1 is 0.963 bits per heavy atom. The first-order chi connectivity index (χ1) is 12.8. The number of rotatable bonds is 10. The third-order valence-corrected chi connectivity index (χ3v) is 4.76. The van der Waals surface area contributed by atoms with E-state index < -0.39 is 30.1 Å². The first kappa shape index (κ1) is 22.5. The molecule has 0 heterocycles. The lowest BCUT2D eigenvalue weighted by Gasteiger charge is -2.27. The second-order valence-corrected chi connectivity index (χ2v) is 6.78. The Balaban J connectivity index is 2.74. The second kappa shape index (κ2) is 11.2. The Morgan fingerprint density at radius 2 is 1.52 bits per heavy atom. The third-order valence-electron chi connectivity index (χ3n) is 4.76. The molecule has 0 bridgehead atoms. The van der Waals surface area contributed by atoms with Crippen LogP contribution in [0.25, 0.3) is 0 Å². The van der Waals surface area contributed by atoms with Crippen molar-refractivity contribution >= 4 is 18.0 Å². The zero-order valence-electron chi connectivity index (χ0n) is 16.4. The summed E-state index contributed by atoms with van der Waals surface area (Å²) in [6.07, 6.45) is 0.533. The number of hydrogen-bond donors (Lipinski definition) is 3. The van der Waals surface area contributed by atoms with E-state index in [1.807, 2.05) is 51.1 Å². The van der Waals surface area contributed by atoms with Gasteiger partial charge >= 0.3 is 12.1 Å². The number of ether oxygens (including phenoxy) is 1. The standard InChI is InChI=1S/C20H30N2O5/c1-5-13(3)16(18(23)21-17(19(24)25)14(4)6-2)22-20(26)27-12-15-10-8-7-9-11-15/h7-11,13-14,16-17H,5-6,12H2,1-4H3,(H,21,23)(H,22,26)(H,24,25)/t13?,14?,16-,17-/m1/s1. The van der Waals surface area contributed by atoms with E-state index in [0.717, 1.165) is 5.56 Å². The van der Waals surface area contributed by atoms with Crippen LogP contribution in [0.2, 0.25) is 0 Å². The lowest BCUT2D eigenvalue weighted by Crippen LogP contribution is -2.55. The molecule has 2 amide bonds. The normalized spacial score (nSPS) is 15.1. The van der Waals surface area contributed by atoms with Crippen molar-refractivity contribution in [3.05, 3.63) is 35.9 Å². The minimum atomic E-state index is -1.09. The molecule has 0 spiro atoms. The quantitative estimate of drug-likeness (QED) is 0.581. The van der Waals surface area contributed by atoms with Crippen molar-refractivity contribution in [2.45, 2.75) is 59.2 Å². The van der Waals surface area contributed by atoms with Crippen LogP contribution in [0.3, 0.4) is 0 Å². The molecular weight excluding hydrogens is 348 g/mol. The van der Waals surface area contributed by atoms with E-state index in [1.165, 1.54) is 0 Å². The Morgan fingerprint density at radius 3 is 2.04 bits per heavy atom. The Kier molecular flexibility index (Phi) is 9.33. The molecule has 0 aliphatic carbocycles. The fraction of sp³-hybridized carbons (Fsp3) is 0.550. The average molecular weight is 378 g/mol. The van der Waals surface area contributed by atoms with Crippen molar-refractivity contribution in [3.63, 3.8) is 0 Å². The molecular formula is C20H30N2O5. The number of benzene rings is 1. The van der Waals surface area contributed by atoms with Crippen LogP contribution in [0, 0.1) is 11.8 Å². The van der Waals surface area contributed by atoms with Crippen molar-refractivity contribution in [3.8, 4) is 0 Å². The SMILES string of the molecule is CCC(C)[C@@H](NC(=O)[C@H](NC(=O)OCc1ccccc1)C(C)CC)C(=O)O. The van der Waals surface area contributed by atoms with Crippen molar-refractivity contribution in [2.75, 3.05) is 0 Å². The van der Waals surface area contributed by atoms with Gasteiger partial charge in [-0.25, -0.2) is 9.59 Å². The van der Waals surface area contributed by atoms with Crippen LogP contribution < -0.4 is 10.6 Å². The minimum Gasteiger partial charge on any atom is -0.480 e. The van der Waals surface area contributed by atoms with Gasteiger partial charge in [0.15, 0.2) is 0 Å². The molecule has 150 valence electrons. The van der Waals surface area contributed by atoms with Crippen molar-refractivity contribution in [1.82, 2.24) is 10.6 Å². The maximum Gasteiger partial charge on any atom is 0.408 e. The van der Waals surface area contributed by atoms with Gasteiger partial charge in [-0.2, -0.15) is 0 Å². The van der Waals surface area contributed by atoms with Gasteiger partial charge in [0.1, 0.15) is 18.7 Å². The first-order valence-corrected chi connectivity index (χ1v) is 9.30. The van der Waals surface area contributed by atoms with Gasteiger partial charge < -0.3 is 20.5 Å². The summed E-state index contributed by atoms with van der Waals surface area (Å²) in [5.41, 5.74) is 0.833. The molecule has 1 rings (SSSR count). The highest BCUT2D eigenvalue weighted by Crippen LogP contribution is 2.12. The molecule has 0 aliphatic rings. The zero-order chi connectivity index (χ0) is 20.4. The van der Waals surface area contributed by atoms with Crippen molar-refractivity contribution in [2.24, 2.45) is 11.8 Å². The smallest absolute Gasteiger partial charge is 0.408 e. The highest BCUT2D eigenvalue weighted by molar-refractivity contribution is 5.89. The molecule has 0 radical (unpaired) electrons. The Labute approximate surface area is 160 Å². The van der Waals surface area contributed by atoms with Crippen LogP contribution in [-0.2, 0) is 20.9 Å². The molecule has 0 saturated carbocycles. The summed E-state index contributed by atoms with van der Waals surface area (Å²) in [6.45, 7) is 7.43. The summed E-state index contributed by atoms with van der Waals surface area (Å²) >= 11 is 0. The molecule has 4 atom stereocenters. The van der Waals surface area contributed by atoms with Crippen LogP contribution in [0.5, 0.6) is 0 Å². The van der Waals surface area contributed by atoms with Crippen LogP contribution >= 0.6 is 0 Å². The molecule has 3 N–H and O–H groups in total. The van der Waals surface area contributed by atoms with E-state index in [0.29, 0.717) is 12.8 Å². The predicted molar refractivity (Wildman–Crippen MR) is 102 cm³/mol. The number of carbonyl (C=O) groups excluding carboxylic acids is 2. The molecule has 1 aromatic carbocycles. The summed E-state index contributed by atoms with van der Waals surface area (Å²) in [6, 6.07) is 7.33. The zero-order valence-corrected chi connectivity index (χ0v) is 16.4. The summed E-state index contributed by atoms with van der Waals surface area (Å²) in [5.74, 6) is -2.02. The molecule has 0 aromatic heterocycles. The van der Waals surface area contributed by atoms with E-state index in [9.17, 15) is 19.5 Å². The van der Waals surface area contributed by atoms with Crippen molar-refractivity contribution < 1.29 is 24.2 Å². The topological polar surface area (TPSA) is 105 Å². The van der Waals surface area contributed by atoms with Crippen molar-refractivity contribution in [1.29, 1.82) is 0 Å². The largest absolute Gasteiger partial charge is 0.480 e. The van der Waals surface area contributed by atoms with E-state index in [4.69, 9.17) is 4.74 Å². The van der Waals surface area contributed by atoms with Gasteiger partial charge in [0, 0.05) is 0 Å². The van der Waals surface area contributed by atoms with Crippen LogP contribution in [0.4, 0.5) is 4.79 Å². The molecule has 2 unspecified atom stereocenters. The average Bonchev–Trinajstić information content (AvgIpc) is 2.67. The van der Waals surface area contributed by atoms with Crippen LogP contribution in [0.1, 0.15) is 46.1 Å². The van der Waals surface area contributed by atoms with Gasteiger partial charge in [-0.3, -0.25) is 4.79 Å². The molecule has 7 nitrogen and oxygen atoms in total. The van der Waals surface area contributed by atoms with E-state index in [2.05, 4.69) is 10.6 Å². The van der Waals surface area contributed by atoms with E-state index in [-0.39, 0.29) is 18.4 Å². The van der Waals surface area contributed by atoms with Gasteiger partial charge in [0.05, 0.1) is 0 Å². The highest BCUT2D eigenvalue weighted by Gasteiger charge is 2.32. The fourth-order valence-corrected chi connectivity index (χ4v) is 2.52. The van der Waals surface area contributed by atoms with E-state index >= 15 is 0 Å². The summed E-state index contributed by atoms with van der Waals surface area (Å²) < 4.78 is 5.18. The number of carboxylic acids is 1. The number of aliphatic carboxylic acids is 1. The van der Waals surface area contributed by atoms with Crippen LogP contribution in [-0.4, -0.2) is 35.2 Å². The fourth-order valence-electron chi connectivity index (χ4n) is 2.52. The predicted octanol–water partition coefficient (Wildman–Crippen LogP) is 2.94. The molecule has 7 heteroatoms. The lowest BCUT2D eigenvalue weighted by molar-refractivity contribution is -0.143. The van der Waals surface area contributed by atoms with E-state index in [1.54, 1.807) is 6.92 Å². The first-order valence-electron chi connectivity index (χ1n) is 9.30. The van der Waals surface area contributed by atoms with Gasteiger partial charge in [-0.1, -0.05) is 70.9 Å². The molecule has 1 aromatic rings. The van der Waals surface area contributed by atoms with Gasteiger partial charge in [-0.15, -0.1) is 0 Å². The lowest BCUT2D eigenvalue weighted by atomic mass is 9.95. The number of alkyl carbamates (subject to hydrolysis) is 1. The summed E-state index contributed by atoms with van der Waals surface area (Å²) in [5, 5.41) is 14.5. The van der Waals surface area contributed by atoms with Gasteiger partial charge in [-0.05, 0) is 17.4 Å². The summed E-state index contributed by atoms with van der Waals surface area (Å²) in [4.78, 5) is 36.2. The Hall–Kier alpha value is -2.57. The maximum absolute atomic E-state index is 12.6.